The van der Waals surface area contributed by atoms with E-state index in [4.69, 9.17) is 5.11 Å². The Morgan fingerprint density at radius 2 is 1.94 bits per heavy atom. The third-order valence-electron chi connectivity index (χ3n) is 2.59. The lowest BCUT2D eigenvalue weighted by Gasteiger charge is -1.97. The van der Waals surface area contributed by atoms with Crippen LogP contribution < -0.4 is 0 Å². The molecule has 0 aliphatic carbocycles. The van der Waals surface area contributed by atoms with Gasteiger partial charge in [-0.3, -0.25) is 4.79 Å². The maximum atomic E-state index is 11.4. The number of carbonyl (C=O) groups excluding carboxylic acids is 1. The fourth-order valence-corrected chi connectivity index (χ4v) is 1.64. The van der Waals surface area contributed by atoms with Crippen molar-refractivity contribution < 1.29 is 14.7 Å². The normalized spacial score (nSPS) is 15.1. The first-order chi connectivity index (χ1) is 8.63. The molecule has 98 valence electrons. The third kappa shape index (κ3) is 5.03. The molecule has 0 saturated heterocycles. The molecule has 0 fully saturated rings. The van der Waals surface area contributed by atoms with E-state index in [-0.39, 0.29) is 5.71 Å². The highest BCUT2D eigenvalue weighted by molar-refractivity contribution is 6.49. The highest BCUT2D eigenvalue weighted by atomic mass is 16.4. The van der Waals surface area contributed by atoms with Gasteiger partial charge in [-0.2, -0.15) is 4.99 Å². The number of carboxylic acid groups (broad SMARTS) is 1. The minimum absolute atomic E-state index is 0.112. The molecule has 1 aliphatic heterocycles. The zero-order valence-corrected chi connectivity index (χ0v) is 10.6. The van der Waals surface area contributed by atoms with Crippen LogP contribution in [-0.4, -0.2) is 28.5 Å². The molecule has 0 atom stereocenters. The van der Waals surface area contributed by atoms with E-state index in [9.17, 15) is 9.59 Å². The van der Waals surface area contributed by atoms with E-state index in [2.05, 4.69) is 16.9 Å². The molecular weight excluding hydrogens is 232 g/mol. The minimum atomic E-state index is -1.10. The molecule has 0 aromatic heterocycles. The molecule has 0 aromatic carbocycles. The number of aliphatic carboxylic acids is 1. The van der Waals surface area contributed by atoms with E-state index in [0.717, 1.165) is 18.9 Å². The third-order valence-corrected chi connectivity index (χ3v) is 2.59. The number of hydrogen-bond acceptors (Lipinski definition) is 3. The Morgan fingerprint density at radius 1 is 1.22 bits per heavy atom. The molecule has 5 heteroatoms. The smallest absolute Gasteiger partial charge is 0.328 e. The van der Waals surface area contributed by atoms with Crippen molar-refractivity contribution in [2.45, 2.75) is 45.4 Å². The molecule has 0 bridgehead atoms. The van der Waals surface area contributed by atoms with Crippen LogP contribution in [0.15, 0.2) is 22.1 Å². The maximum absolute atomic E-state index is 11.4. The maximum Gasteiger partial charge on any atom is 0.328 e. The van der Waals surface area contributed by atoms with Crippen LogP contribution in [0.3, 0.4) is 0 Å². The summed E-state index contributed by atoms with van der Waals surface area (Å²) in [6.07, 6.45) is 8.45. The summed E-state index contributed by atoms with van der Waals surface area (Å²) in [5.41, 5.74) is 0.112. The van der Waals surface area contributed by atoms with Gasteiger partial charge in [-0.05, 0) is 12.5 Å². The molecule has 1 amide bonds. The Balaban J connectivity index is 2.37. The Hall–Kier alpha value is -1.78. The topological polar surface area (TPSA) is 79.1 Å². The standard InChI is InChI=1S/C13H18N2O3/c1-2-3-4-5-6-7-11-14-10(13(18)15-11)8-9-12(16)17/h8-9H,2-7H2,1H3,(H,16,17). The molecule has 5 nitrogen and oxygen atoms in total. The van der Waals surface area contributed by atoms with Crippen molar-refractivity contribution in [2.24, 2.45) is 9.98 Å². The van der Waals surface area contributed by atoms with Crippen LogP contribution in [0.4, 0.5) is 0 Å². The number of aliphatic imine (C=N–C) groups is 2. The Kier molecular flexibility index (Phi) is 5.97. The van der Waals surface area contributed by atoms with E-state index in [1.165, 1.54) is 25.3 Å². The summed E-state index contributed by atoms with van der Waals surface area (Å²) in [6.45, 7) is 2.16. The molecule has 0 radical (unpaired) electrons. The zero-order valence-electron chi connectivity index (χ0n) is 10.6. The summed E-state index contributed by atoms with van der Waals surface area (Å²) >= 11 is 0. The number of hydrogen-bond donors (Lipinski definition) is 1. The molecular formula is C13H18N2O3. The second kappa shape index (κ2) is 7.53. The van der Waals surface area contributed by atoms with E-state index >= 15 is 0 Å². The van der Waals surface area contributed by atoms with Gasteiger partial charge in [0.05, 0.1) is 0 Å². The Bertz CT molecular complexity index is 408. The summed E-state index contributed by atoms with van der Waals surface area (Å²) in [4.78, 5) is 29.5. The van der Waals surface area contributed by atoms with Crippen molar-refractivity contribution in [2.75, 3.05) is 0 Å². The van der Waals surface area contributed by atoms with Gasteiger partial charge in [-0.25, -0.2) is 9.79 Å². The quantitative estimate of drug-likeness (QED) is 0.530. The van der Waals surface area contributed by atoms with Crippen molar-refractivity contribution in [3.8, 4) is 0 Å². The monoisotopic (exact) mass is 250 g/mol. The minimum Gasteiger partial charge on any atom is -0.478 e. The first kappa shape index (κ1) is 14.3. The lowest BCUT2D eigenvalue weighted by molar-refractivity contribution is -0.131. The number of nitrogens with zero attached hydrogens (tertiary/aromatic N) is 2. The summed E-state index contributed by atoms with van der Waals surface area (Å²) in [5.74, 6) is -1.03. The van der Waals surface area contributed by atoms with E-state index in [1.54, 1.807) is 0 Å². The van der Waals surface area contributed by atoms with E-state index in [1.807, 2.05) is 0 Å². The molecule has 0 aromatic rings. The molecule has 18 heavy (non-hydrogen) atoms. The number of carbonyl (C=O) groups is 2. The van der Waals surface area contributed by atoms with Gasteiger partial charge in [-0.15, -0.1) is 0 Å². The number of carboxylic acids is 1. The SMILES string of the molecule is CCCCCCCC1=NC(=O)C(C=CC(=O)O)=N1. The van der Waals surface area contributed by atoms with Gasteiger partial charge >= 0.3 is 5.97 Å². The highest BCUT2D eigenvalue weighted by Gasteiger charge is 2.16. The fourth-order valence-electron chi connectivity index (χ4n) is 1.64. The van der Waals surface area contributed by atoms with Gasteiger partial charge < -0.3 is 5.11 Å². The van der Waals surface area contributed by atoms with Gasteiger partial charge in [0, 0.05) is 12.5 Å². The summed E-state index contributed by atoms with van der Waals surface area (Å²) in [5, 5.41) is 8.46. The van der Waals surface area contributed by atoms with Gasteiger partial charge in [0.15, 0.2) is 0 Å². The van der Waals surface area contributed by atoms with Crippen LogP contribution in [0, 0.1) is 0 Å². The molecule has 1 heterocycles. The van der Waals surface area contributed by atoms with Crippen molar-refractivity contribution in [3.63, 3.8) is 0 Å². The lowest BCUT2D eigenvalue weighted by atomic mass is 10.1. The predicted octanol–water partition coefficient (Wildman–Crippen LogP) is 2.37. The second-order valence-electron chi connectivity index (χ2n) is 4.17. The molecule has 1 aliphatic rings. The van der Waals surface area contributed by atoms with Gasteiger partial charge in [0.2, 0.25) is 0 Å². The van der Waals surface area contributed by atoms with Crippen molar-refractivity contribution in [1.82, 2.24) is 0 Å². The van der Waals surface area contributed by atoms with Crippen LogP contribution in [0.5, 0.6) is 0 Å². The molecule has 0 spiro atoms. The molecule has 1 rings (SSSR count). The summed E-state index contributed by atoms with van der Waals surface area (Å²) in [7, 11) is 0. The number of rotatable bonds is 8. The fraction of sp³-hybridized carbons (Fsp3) is 0.538. The first-order valence-electron chi connectivity index (χ1n) is 6.25. The van der Waals surface area contributed by atoms with Crippen molar-refractivity contribution in [3.05, 3.63) is 12.2 Å². The predicted molar refractivity (Wildman–Crippen MR) is 70.0 cm³/mol. The van der Waals surface area contributed by atoms with Crippen LogP contribution in [0.2, 0.25) is 0 Å². The van der Waals surface area contributed by atoms with Crippen molar-refractivity contribution in [1.29, 1.82) is 0 Å². The average Bonchev–Trinajstić information content (AvgIpc) is 2.67. The zero-order chi connectivity index (χ0) is 13.4. The number of amidine groups is 1. The number of amides is 1. The first-order valence-corrected chi connectivity index (χ1v) is 6.25. The largest absolute Gasteiger partial charge is 0.478 e. The second-order valence-corrected chi connectivity index (χ2v) is 4.17. The average molecular weight is 250 g/mol. The highest BCUT2D eigenvalue weighted by Crippen LogP contribution is 2.10. The van der Waals surface area contributed by atoms with Crippen LogP contribution in [-0.2, 0) is 9.59 Å². The van der Waals surface area contributed by atoms with Gasteiger partial charge in [0.1, 0.15) is 11.5 Å². The van der Waals surface area contributed by atoms with Crippen LogP contribution in [0.1, 0.15) is 45.4 Å². The van der Waals surface area contributed by atoms with Crippen molar-refractivity contribution >= 4 is 23.4 Å². The lowest BCUT2D eigenvalue weighted by Crippen LogP contribution is -2.04. The van der Waals surface area contributed by atoms with E-state index in [0.29, 0.717) is 12.3 Å². The van der Waals surface area contributed by atoms with E-state index < -0.39 is 11.9 Å². The molecule has 1 N–H and O–H groups in total. The Labute approximate surface area is 106 Å². The Morgan fingerprint density at radius 3 is 2.61 bits per heavy atom. The summed E-state index contributed by atoms with van der Waals surface area (Å²) < 4.78 is 0. The molecule has 0 saturated carbocycles. The molecule has 0 unspecified atom stereocenters. The van der Waals surface area contributed by atoms with Crippen LogP contribution >= 0.6 is 0 Å². The number of unbranched alkanes of at least 4 members (excludes halogenated alkanes) is 4. The van der Waals surface area contributed by atoms with Gasteiger partial charge in [-0.1, -0.05) is 32.6 Å². The van der Waals surface area contributed by atoms with Crippen LogP contribution in [0.25, 0.3) is 0 Å². The van der Waals surface area contributed by atoms with Gasteiger partial charge in [0.25, 0.3) is 5.91 Å². The summed E-state index contributed by atoms with van der Waals surface area (Å²) in [6, 6.07) is 0.